The number of amides is 1. The summed E-state index contributed by atoms with van der Waals surface area (Å²) < 4.78 is 5.55. The first-order valence-electron chi connectivity index (χ1n) is 6.75. The van der Waals surface area contributed by atoms with Gasteiger partial charge in [-0.05, 0) is 31.2 Å². The maximum Gasteiger partial charge on any atom is 0.260 e. The van der Waals surface area contributed by atoms with Crippen LogP contribution in [-0.4, -0.2) is 23.5 Å². The van der Waals surface area contributed by atoms with Gasteiger partial charge in [-0.1, -0.05) is 29.8 Å². The zero-order chi connectivity index (χ0) is 15.1. The molecule has 0 bridgehead atoms. The van der Waals surface area contributed by atoms with E-state index in [9.17, 15) is 4.79 Å². The van der Waals surface area contributed by atoms with Gasteiger partial charge in [-0.2, -0.15) is 0 Å². The number of carbonyl (C=O) groups is 1. The van der Waals surface area contributed by atoms with Crippen LogP contribution in [0.5, 0.6) is 5.75 Å². The SMILES string of the molecule is CC(Oc1ccccc1Cl)C(=O)NCCc1ccccn1. The Bertz CT molecular complexity index is 590. The third-order valence-electron chi connectivity index (χ3n) is 2.92. The Balaban J connectivity index is 1.79. The molecule has 4 nitrogen and oxygen atoms in total. The van der Waals surface area contributed by atoms with Gasteiger partial charge < -0.3 is 10.1 Å². The van der Waals surface area contributed by atoms with E-state index in [0.29, 0.717) is 23.7 Å². The molecule has 1 aromatic heterocycles. The van der Waals surface area contributed by atoms with Crippen molar-refractivity contribution in [2.24, 2.45) is 0 Å². The van der Waals surface area contributed by atoms with Crippen molar-refractivity contribution in [1.29, 1.82) is 0 Å². The third kappa shape index (κ3) is 4.76. The average Bonchev–Trinajstić information content (AvgIpc) is 2.50. The van der Waals surface area contributed by atoms with E-state index < -0.39 is 6.10 Å². The second kappa shape index (κ2) is 7.64. The number of aromatic nitrogens is 1. The summed E-state index contributed by atoms with van der Waals surface area (Å²) in [6, 6.07) is 12.8. The van der Waals surface area contributed by atoms with Crippen molar-refractivity contribution in [3.8, 4) is 5.75 Å². The molecule has 1 unspecified atom stereocenters. The fourth-order valence-electron chi connectivity index (χ4n) is 1.79. The van der Waals surface area contributed by atoms with Crippen LogP contribution in [0.1, 0.15) is 12.6 Å². The average molecular weight is 305 g/mol. The monoisotopic (exact) mass is 304 g/mol. The van der Waals surface area contributed by atoms with Crippen LogP contribution in [0.25, 0.3) is 0 Å². The van der Waals surface area contributed by atoms with E-state index in [-0.39, 0.29) is 5.91 Å². The van der Waals surface area contributed by atoms with Crippen LogP contribution < -0.4 is 10.1 Å². The predicted molar refractivity (Wildman–Crippen MR) is 82.5 cm³/mol. The molecule has 0 aliphatic heterocycles. The Hall–Kier alpha value is -2.07. The van der Waals surface area contributed by atoms with E-state index in [1.54, 1.807) is 25.3 Å². The standard InChI is InChI=1S/C16H17ClN2O2/c1-12(21-15-8-3-2-7-14(15)17)16(20)19-11-9-13-6-4-5-10-18-13/h2-8,10,12H,9,11H2,1H3,(H,19,20). The van der Waals surface area contributed by atoms with E-state index in [0.717, 1.165) is 5.69 Å². The van der Waals surface area contributed by atoms with Crippen molar-refractivity contribution < 1.29 is 9.53 Å². The minimum absolute atomic E-state index is 0.175. The number of rotatable bonds is 6. The van der Waals surface area contributed by atoms with Crippen molar-refractivity contribution in [3.05, 3.63) is 59.4 Å². The lowest BCUT2D eigenvalue weighted by Crippen LogP contribution is -2.37. The van der Waals surface area contributed by atoms with Crippen molar-refractivity contribution in [1.82, 2.24) is 10.3 Å². The van der Waals surface area contributed by atoms with Gasteiger partial charge in [0.25, 0.3) is 5.91 Å². The molecule has 2 rings (SSSR count). The molecule has 0 aliphatic carbocycles. The van der Waals surface area contributed by atoms with Gasteiger partial charge in [0.15, 0.2) is 6.10 Å². The van der Waals surface area contributed by atoms with E-state index in [1.807, 2.05) is 30.3 Å². The molecule has 5 heteroatoms. The van der Waals surface area contributed by atoms with E-state index in [1.165, 1.54) is 0 Å². The summed E-state index contributed by atoms with van der Waals surface area (Å²) in [5.74, 6) is 0.331. The molecule has 0 aliphatic rings. The summed E-state index contributed by atoms with van der Waals surface area (Å²) in [7, 11) is 0. The maximum atomic E-state index is 11.9. The largest absolute Gasteiger partial charge is 0.479 e. The van der Waals surface area contributed by atoms with Crippen LogP contribution in [0.4, 0.5) is 0 Å². The van der Waals surface area contributed by atoms with Crippen LogP contribution in [0.15, 0.2) is 48.7 Å². The summed E-state index contributed by atoms with van der Waals surface area (Å²) in [5.41, 5.74) is 0.942. The zero-order valence-corrected chi connectivity index (χ0v) is 12.5. The highest BCUT2D eigenvalue weighted by Gasteiger charge is 2.15. The lowest BCUT2D eigenvalue weighted by molar-refractivity contribution is -0.127. The second-order valence-electron chi connectivity index (χ2n) is 4.55. The predicted octanol–water partition coefficient (Wildman–Crippen LogP) is 2.86. The Morgan fingerprint density at radius 2 is 2.05 bits per heavy atom. The van der Waals surface area contributed by atoms with Gasteiger partial charge in [-0.25, -0.2) is 0 Å². The number of carbonyl (C=O) groups excluding carboxylic acids is 1. The Morgan fingerprint density at radius 3 is 2.76 bits per heavy atom. The summed E-state index contributed by atoms with van der Waals surface area (Å²) in [6.45, 7) is 2.21. The highest BCUT2D eigenvalue weighted by molar-refractivity contribution is 6.32. The Morgan fingerprint density at radius 1 is 1.29 bits per heavy atom. The first kappa shape index (κ1) is 15.3. The fourth-order valence-corrected chi connectivity index (χ4v) is 1.97. The van der Waals surface area contributed by atoms with Gasteiger partial charge in [0, 0.05) is 24.9 Å². The summed E-state index contributed by atoms with van der Waals surface area (Å²) in [4.78, 5) is 16.1. The third-order valence-corrected chi connectivity index (χ3v) is 3.23. The number of para-hydroxylation sites is 1. The molecule has 1 atom stereocenters. The van der Waals surface area contributed by atoms with Crippen LogP contribution in [-0.2, 0) is 11.2 Å². The summed E-state index contributed by atoms with van der Waals surface area (Å²) in [5, 5.41) is 3.31. The number of nitrogens with one attached hydrogen (secondary N) is 1. The van der Waals surface area contributed by atoms with E-state index in [2.05, 4.69) is 10.3 Å². The molecule has 110 valence electrons. The number of nitrogens with zero attached hydrogens (tertiary/aromatic N) is 1. The first-order chi connectivity index (χ1) is 10.2. The Labute approximate surface area is 129 Å². The van der Waals surface area contributed by atoms with E-state index in [4.69, 9.17) is 16.3 Å². The first-order valence-corrected chi connectivity index (χ1v) is 7.13. The second-order valence-corrected chi connectivity index (χ2v) is 4.96. The van der Waals surface area contributed by atoms with Gasteiger partial charge in [0.2, 0.25) is 0 Å². The fraction of sp³-hybridized carbons (Fsp3) is 0.250. The van der Waals surface area contributed by atoms with Crippen LogP contribution in [0.2, 0.25) is 5.02 Å². The molecule has 2 aromatic rings. The quantitative estimate of drug-likeness (QED) is 0.893. The van der Waals surface area contributed by atoms with E-state index >= 15 is 0 Å². The zero-order valence-electron chi connectivity index (χ0n) is 11.8. The molecule has 1 heterocycles. The van der Waals surface area contributed by atoms with Crippen molar-refractivity contribution >= 4 is 17.5 Å². The number of benzene rings is 1. The summed E-state index contributed by atoms with van der Waals surface area (Å²) in [6.07, 6.45) is 1.82. The minimum atomic E-state index is -0.603. The number of pyridine rings is 1. The smallest absolute Gasteiger partial charge is 0.260 e. The number of hydrogen-bond acceptors (Lipinski definition) is 3. The molecule has 21 heavy (non-hydrogen) atoms. The Kier molecular flexibility index (Phi) is 5.58. The number of halogens is 1. The molecule has 1 aromatic carbocycles. The normalized spacial score (nSPS) is 11.7. The van der Waals surface area contributed by atoms with Gasteiger partial charge in [0.1, 0.15) is 5.75 Å². The molecular weight excluding hydrogens is 288 g/mol. The van der Waals surface area contributed by atoms with Gasteiger partial charge in [-0.15, -0.1) is 0 Å². The number of hydrogen-bond donors (Lipinski definition) is 1. The molecular formula is C16H17ClN2O2. The molecule has 0 fully saturated rings. The number of ether oxygens (including phenoxy) is 1. The van der Waals surface area contributed by atoms with Crippen molar-refractivity contribution in [3.63, 3.8) is 0 Å². The lowest BCUT2D eigenvalue weighted by atomic mass is 10.2. The van der Waals surface area contributed by atoms with Crippen molar-refractivity contribution in [2.45, 2.75) is 19.4 Å². The van der Waals surface area contributed by atoms with Crippen LogP contribution in [0, 0.1) is 0 Å². The summed E-state index contributed by atoms with van der Waals surface area (Å²) >= 11 is 5.99. The van der Waals surface area contributed by atoms with Crippen LogP contribution in [0.3, 0.4) is 0 Å². The maximum absolute atomic E-state index is 11.9. The molecule has 1 N–H and O–H groups in total. The lowest BCUT2D eigenvalue weighted by Gasteiger charge is -2.15. The highest BCUT2D eigenvalue weighted by atomic mass is 35.5. The van der Waals surface area contributed by atoms with Gasteiger partial charge in [-0.3, -0.25) is 9.78 Å². The molecule has 0 saturated carbocycles. The molecule has 0 saturated heterocycles. The topological polar surface area (TPSA) is 51.2 Å². The molecule has 0 radical (unpaired) electrons. The minimum Gasteiger partial charge on any atom is -0.479 e. The van der Waals surface area contributed by atoms with Gasteiger partial charge >= 0.3 is 0 Å². The van der Waals surface area contributed by atoms with Crippen molar-refractivity contribution in [2.75, 3.05) is 6.54 Å². The van der Waals surface area contributed by atoms with Crippen LogP contribution >= 0.6 is 11.6 Å². The van der Waals surface area contributed by atoms with Gasteiger partial charge in [0.05, 0.1) is 5.02 Å². The highest BCUT2D eigenvalue weighted by Crippen LogP contribution is 2.24. The molecule has 1 amide bonds. The molecule has 0 spiro atoms.